The van der Waals surface area contributed by atoms with Crippen LogP contribution in [0, 0.1) is 32.1 Å². The third kappa shape index (κ3) is 2.69. The van der Waals surface area contributed by atoms with Crippen LogP contribution in [0.5, 0.6) is 0 Å². The minimum atomic E-state index is -0.351. The summed E-state index contributed by atoms with van der Waals surface area (Å²) in [6.07, 6.45) is 1.64. The van der Waals surface area contributed by atoms with Gasteiger partial charge in [-0.2, -0.15) is 10.4 Å². The highest BCUT2D eigenvalue weighted by molar-refractivity contribution is 6.06. The number of aromatic nitrogens is 2. The number of furan rings is 1. The van der Waals surface area contributed by atoms with Crippen LogP contribution in [0.15, 0.2) is 28.8 Å². The van der Waals surface area contributed by atoms with Crippen molar-refractivity contribution in [3.05, 3.63) is 46.8 Å². The number of aryl methyl sites for hydroxylation is 3. The molecule has 1 N–H and O–H groups in total. The Morgan fingerprint density at radius 1 is 1.35 bits per heavy atom. The summed E-state index contributed by atoms with van der Waals surface area (Å²) in [6.45, 7) is 6.04. The second kappa shape index (κ2) is 5.61. The Balaban J connectivity index is 1.91. The number of amides is 1. The molecule has 0 atom stereocenters. The lowest BCUT2D eigenvalue weighted by molar-refractivity contribution is 0.0997. The predicted octanol–water partition coefficient (Wildman–Crippen LogP) is 3.33. The Bertz CT molecular complexity index is 944. The van der Waals surface area contributed by atoms with Crippen molar-refractivity contribution in [2.24, 2.45) is 0 Å². The second-order valence-corrected chi connectivity index (χ2v) is 5.50. The number of nitrogens with one attached hydrogen (secondary N) is 1. The Hall–Kier alpha value is -3.07. The van der Waals surface area contributed by atoms with E-state index in [1.54, 1.807) is 12.3 Å². The van der Waals surface area contributed by atoms with Gasteiger partial charge in [-0.25, -0.2) is 0 Å². The maximum Gasteiger partial charge on any atom is 0.292 e. The van der Waals surface area contributed by atoms with Gasteiger partial charge in [-0.3, -0.25) is 9.48 Å². The summed E-state index contributed by atoms with van der Waals surface area (Å²) in [5.41, 5.74) is 3.78. The van der Waals surface area contributed by atoms with E-state index in [1.807, 2.05) is 39.0 Å². The summed E-state index contributed by atoms with van der Waals surface area (Å²) in [5.74, 6) is 0.313. The fourth-order valence-electron chi connectivity index (χ4n) is 2.45. The molecule has 0 fully saturated rings. The van der Waals surface area contributed by atoms with E-state index in [0.717, 1.165) is 22.1 Å². The van der Waals surface area contributed by atoms with Crippen LogP contribution in [-0.4, -0.2) is 15.7 Å². The summed E-state index contributed by atoms with van der Waals surface area (Å²) in [6, 6.07) is 7.60. The molecule has 0 radical (unpaired) electrons. The third-order valence-electron chi connectivity index (χ3n) is 3.87. The molecular weight excluding hydrogens is 292 g/mol. The monoisotopic (exact) mass is 308 g/mol. The number of hydrogen-bond donors (Lipinski definition) is 1. The Labute approximate surface area is 133 Å². The maximum atomic E-state index is 12.4. The van der Waals surface area contributed by atoms with Crippen molar-refractivity contribution in [3.63, 3.8) is 0 Å². The molecule has 6 nitrogen and oxygen atoms in total. The molecule has 3 rings (SSSR count). The summed E-state index contributed by atoms with van der Waals surface area (Å²) in [4.78, 5) is 12.4. The van der Waals surface area contributed by atoms with Crippen molar-refractivity contribution in [3.8, 4) is 6.07 Å². The minimum Gasteiger partial charge on any atom is -0.451 e. The van der Waals surface area contributed by atoms with E-state index in [9.17, 15) is 4.79 Å². The molecule has 0 aliphatic heterocycles. The van der Waals surface area contributed by atoms with Gasteiger partial charge in [-0.1, -0.05) is 0 Å². The summed E-state index contributed by atoms with van der Waals surface area (Å²) < 4.78 is 7.18. The van der Waals surface area contributed by atoms with Gasteiger partial charge in [0, 0.05) is 23.2 Å². The topological polar surface area (TPSA) is 83.9 Å². The largest absolute Gasteiger partial charge is 0.451 e. The number of carbonyl (C=O) groups excluding carboxylic acids is 1. The third-order valence-corrected chi connectivity index (χ3v) is 3.87. The van der Waals surface area contributed by atoms with E-state index in [1.165, 1.54) is 4.68 Å². The van der Waals surface area contributed by atoms with Crippen LogP contribution in [0.1, 0.15) is 27.2 Å². The van der Waals surface area contributed by atoms with Crippen molar-refractivity contribution in [2.45, 2.75) is 27.3 Å². The summed E-state index contributed by atoms with van der Waals surface area (Å²) in [5, 5.41) is 16.4. The van der Waals surface area contributed by atoms with Gasteiger partial charge in [0.2, 0.25) is 0 Å². The molecule has 116 valence electrons. The molecule has 0 aliphatic carbocycles. The SMILES string of the molecule is Cc1cc2oc(C(=O)Nc3ccn(CC#N)n3)c(C)c2cc1C. The van der Waals surface area contributed by atoms with E-state index in [-0.39, 0.29) is 18.2 Å². The summed E-state index contributed by atoms with van der Waals surface area (Å²) >= 11 is 0. The number of nitrogens with zero attached hydrogens (tertiary/aromatic N) is 3. The average molecular weight is 308 g/mol. The highest BCUT2D eigenvalue weighted by Gasteiger charge is 2.19. The van der Waals surface area contributed by atoms with Gasteiger partial charge in [-0.15, -0.1) is 0 Å². The minimum absolute atomic E-state index is 0.137. The normalized spacial score (nSPS) is 10.7. The molecule has 0 unspecified atom stereocenters. The van der Waals surface area contributed by atoms with Gasteiger partial charge in [0.1, 0.15) is 12.1 Å². The van der Waals surface area contributed by atoms with Gasteiger partial charge >= 0.3 is 0 Å². The highest BCUT2D eigenvalue weighted by atomic mass is 16.3. The van der Waals surface area contributed by atoms with Crippen molar-refractivity contribution in [1.82, 2.24) is 9.78 Å². The van der Waals surface area contributed by atoms with Crippen LogP contribution in [0.3, 0.4) is 0 Å². The standard InChI is InChI=1S/C17H16N4O2/c1-10-8-13-12(3)16(23-14(13)9-11(10)2)17(22)19-15-4-6-21(20-15)7-5-18/h4,6,8-9H,7H2,1-3H3,(H,19,20,22). The van der Waals surface area contributed by atoms with E-state index in [4.69, 9.17) is 9.68 Å². The number of benzene rings is 1. The van der Waals surface area contributed by atoms with E-state index in [0.29, 0.717) is 11.4 Å². The lowest BCUT2D eigenvalue weighted by Gasteiger charge is -1.99. The molecule has 2 aromatic heterocycles. The average Bonchev–Trinajstić information content (AvgIpc) is 3.06. The predicted molar refractivity (Wildman–Crippen MR) is 86.2 cm³/mol. The van der Waals surface area contributed by atoms with Crippen molar-refractivity contribution >= 4 is 22.7 Å². The zero-order valence-electron chi connectivity index (χ0n) is 13.2. The number of nitriles is 1. The zero-order chi connectivity index (χ0) is 16.6. The fourth-order valence-corrected chi connectivity index (χ4v) is 2.45. The van der Waals surface area contributed by atoms with Crippen LogP contribution in [0.25, 0.3) is 11.0 Å². The van der Waals surface area contributed by atoms with E-state index >= 15 is 0 Å². The lowest BCUT2D eigenvalue weighted by Crippen LogP contribution is -2.13. The molecule has 0 aliphatic rings. The van der Waals surface area contributed by atoms with Crippen LogP contribution in [-0.2, 0) is 6.54 Å². The molecule has 3 aromatic rings. The molecule has 23 heavy (non-hydrogen) atoms. The van der Waals surface area contributed by atoms with Crippen LogP contribution < -0.4 is 5.32 Å². The molecule has 1 aromatic carbocycles. The molecule has 1 amide bonds. The zero-order valence-corrected chi connectivity index (χ0v) is 13.2. The molecule has 6 heteroatoms. The molecule has 0 spiro atoms. The number of carbonyl (C=O) groups is 1. The Kier molecular flexibility index (Phi) is 3.62. The lowest BCUT2D eigenvalue weighted by atomic mass is 10.1. The highest BCUT2D eigenvalue weighted by Crippen LogP contribution is 2.28. The molecule has 0 saturated carbocycles. The van der Waals surface area contributed by atoms with Crippen LogP contribution in [0.2, 0.25) is 0 Å². The number of hydrogen-bond acceptors (Lipinski definition) is 4. The first-order valence-electron chi connectivity index (χ1n) is 7.21. The van der Waals surface area contributed by atoms with Gasteiger partial charge < -0.3 is 9.73 Å². The quantitative estimate of drug-likeness (QED) is 0.804. The summed E-state index contributed by atoms with van der Waals surface area (Å²) in [7, 11) is 0. The number of anilines is 1. The van der Waals surface area contributed by atoms with Crippen LogP contribution in [0.4, 0.5) is 5.82 Å². The van der Waals surface area contributed by atoms with Gasteiger partial charge in [0.25, 0.3) is 5.91 Å². The van der Waals surface area contributed by atoms with E-state index in [2.05, 4.69) is 10.4 Å². The Morgan fingerprint density at radius 3 is 2.83 bits per heavy atom. The van der Waals surface area contributed by atoms with Crippen LogP contribution >= 0.6 is 0 Å². The molecule has 2 heterocycles. The fraction of sp³-hybridized carbons (Fsp3) is 0.235. The second-order valence-electron chi connectivity index (χ2n) is 5.50. The van der Waals surface area contributed by atoms with E-state index < -0.39 is 0 Å². The van der Waals surface area contributed by atoms with Gasteiger partial charge in [0.15, 0.2) is 11.6 Å². The van der Waals surface area contributed by atoms with Crippen molar-refractivity contribution < 1.29 is 9.21 Å². The molecule has 0 saturated heterocycles. The van der Waals surface area contributed by atoms with Crippen molar-refractivity contribution in [2.75, 3.05) is 5.32 Å². The maximum absolute atomic E-state index is 12.4. The van der Waals surface area contributed by atoms with Gasteiger partial charge in [0.05, 0.1) is 6.07 Å². The Morgan fingerprint density at radius 2 is 2.09 bits per heavy atom. The number of fused-ring (bicyclic) bond motifs is 1. The molecule has 0 bridgehead atoms. The number of rotatable bonds is 3. The van der Waals surface area contributed by atoms with Gasteiger partial charge in [-0.05, 0) is 44.0 Å². The first kappa shape index (κ1) is 14.9. The smallest absolute Gasteiger partial charge is 0.292 e. The first-order chi connectivity index (χ1) is 11.0. The first-order valence-corrected chi connectivity index (χ1v) is 7.21. The van der Waals surface area contributed by atoms with Crippen molar-refractivity contribution in [1.29, 1.82) is 5.26 Å². The molecular formula is C17H16N4O2.